The number of hydrogen-bond acceptors (Lipinski definition) is 2. The third kappa shape index (κ3) is 5.61. The van der Waals surface area contributed by atoms with Crippen LogP contribution in [-0.2, 0) is 4.79 Å². The summed E-state index contributed by atoms with van der Waals surface area (Å²) in [6, 6.07) is 0.338. The van der Waals surface area contributed by atoms with Crippen LogP contribution < -0.4 is 5.32 Å². The fraction of sp³-hybridized carbons (Fsp3) is 0.944. The first kappa shape index (κ1) is 16.8. The van der Waals surface area contributed by atoms with Gasteiger partial charge in [0.05, 0.1) is 0 Å². The van der Waals surface area contributed by atoms with Crippen molar-refractivity contribution in [1.29, 1.82) is 0 Å². The number of amides is 1. The lowest BCUT2D eigenvalue weighted by Gasteiger charge is -2.33. The molecule has 0 spiro atoms. The minimum atomic E-state index is 0.338. The molecule has 1 unspecified atom stereocenters. The molecule has 1 N–H and O–H groups in total. The van der Waals surface area contributed by atoms with Gasteiger partial charge in [0.25, 0.3) is 0 Å². The van der Waals surface area contributed by atoms with Crippen LogP contribution in [0.3, 0.4) is 0 Å². The Morgan fingerprint density at radius 1 is 1.05 bits per heavy atom. The van der Waals surface area contributed by atoms with Crippen LogP contribution in [0.1, 0.15) is 71.6 Å². The predicted octanol–water partition coefficient (Wildman–Crippen LogP) is 3.58. The molecular weight excluding hydrogens is 260 g/mol. The molecule has 0 radical (unpaired) electrons. The highest BCUT2D eigenvalue weighted by atomic mass is 16.2. The molecule has 122 valence electrons. The maximum Gasteiger partial charge on any atom is 0.223 e. The Morgan fingerprint density at radius 2 is 1.71 bits per heavy atom. The van der Waals surface area contributed by atoms with Gasteiger partial charge in [0.15, 0.2) is 0 Å². The summed E-state index contributed by atoms with van der Waals surface area (Å²) in [5, 5.41) is 3.47. The van der Waals surface area contributed by atoms with Gasteiger partial charge in [0, 0.05) is 19.0 Å². The van der Waals surface area contributed by atoms with Gasteiger partial charge in [-0.2, -0.15) is 0 Å². The van der Waals surface area contributed by atoms with Gasteiger partial charge in [-0.1, -0.05) is 25.7 Å². The van der Waals surface area contributed by atoms with Crippen molar-refractivity contribution in [3.63, 3.8) is 0 Å². The van der Waals surface area contributed by atoms with Gasteiger partial charge < -0.3 is 10.2 Å². The van der Waals surface area contributed by atoms with Crippen molar-refractivity contribution >= 4 is 5.91 Å². The van der Waals surface area contributed by atoms with Crippen LogP contribution in [0.15, 0.2) is 0 Å². The van der Waals surface area contributed by atoms with Crippen LogP contribution >= 0.6 is 0 Å². The topological polar surface area (TPSA) is 32.3 Å². The maximum absolute atomic E-state index is 12.7. The quantitative estimate of drug-likeness (QED) is 0.786. The lowest BCUT2D eigenvalue weighted by Crippen LogP contribution is -2.44. The second kappa shape index (κ2) is 8.77. The molecule has 1 aliphatic carbocycles. The zero-order chi connectivity index (χ0) is 15.1. The summed E-state index contributed by atoms with van der Waals surface area (Å²) >= 11 is 0. The van der Waals surface area contributed by atoms with E-state index in [9.17, 15) is 4.79 Å². The molecule has 0 bridgehead atoms. The van der Waals surface area contributed by atoms with Gasteiger partial charge in [-0.25, -0.2) is 0 Å². The van der Waals surface area contributed by atoms with Crippen molar-refractivity contribution in [2.45, 2.75) is 77.7 Å². The van der Waals surface area contributed by atoms with Crippen LogP contribution in [0.25, 0.3) is 0 Å². The molecule has 1 amide bonds. The first-order chi connectivity index (χ1) is 10.2. The van der Waals surface area contributed by atoms with Crippen molar-refractivity contribution in [2.24, 2.45) is 11.8 Å². The van der Waals surface area contributed by atoms with Crippen molar-refractivity contribution in [1.82, 2.24) is 10.2 Å². The minimum absolute atomic E-state index is 0.338. The van der Waals surface area contributed by atoms with E-state index in [2.05, 4.69) is 24.1 Å². The van der Waals surface area contributed by atoms with E-state index in [0.717, 1.165) is 26.1 Å². The van der Waals surface area contributed by atoms with E-state index >= 15 is 0 Å². The van der Waals surface area contributed by atoms with Crippen molar-refractivity contribution < 1.29 is 4.79 Å². The average molecular weight is 294 g/mol. The molecule has 3 nitrogen and oxygen atoms in total. The first-order valence-electron chi connectivity index (χ1n) is 9.17. The predicted molar refractivity (Wildman–Crippen MR) is 88.3 cm³/mol. The van der Waals surface area contributed by atoms with Crippen LogP contribution in [-0.4, -0.2) is 36.5 Å². The van der Waals surface area contributed by atoms with Crippen LogP contribution in [0.5, 0.6) is 0 Å². The van der Waals surface area contributed by atoms with Crippen LogP contribution in [0, 0.1) is 11.8 Å². The molecule has 1 saturated heterocycles. The fourth-order valence-electron chi connectivity index (χ4n) is 3.89. The van der Waals surface area contributed by atoms with Gasteiger partial charge in [0.1, 0.15) is 0 Å². The molecule has 1 aliphatic heterocycles. The smallest absolute Gasteiger partial charge is 0.223 e. The number of rotatable bonds is 5. The number of carbonyl (C=O) groups is 1. The molecule has 1 atom stereocenters. The fourth-order valence-corrected chi connectivity index (χ4v) is 3.89. The third-order valence-corrected chi connectivity index (χ3v) is 5.24. The normalized spacial score (nSPS) is 24.8. The zero-order valence-electron chi connectivity index (χ0n) is 14.1. The summed E-state index contributed by atoms with van der Waals surface area (Å²) in [7, 11) is 0. The Morgan fingerprint density at radius 3 is 2.29 bits per heavy atom. The van der Waals surface area contributed by atoms with Crippen molar-refractivity contribution in [3.05, 3.63) is 0 Å². The summed E-state index contributed by atoms with van der Waals surface area (Å²) in [5.74, 6) is 1.70. The second-order valence-corrected chi connectivity index (χ2v) is 7.41. The monoisotopic (exact) mass is 294 g/mol. The zero-order valence-corrected chi connectivity index (χ0v) is 14.1. The maximum atomic E-state index is 12.7. The molecule has 2 aliphatic rings. The third-order valence-electron chi connectivity index (χ3n) is 5.24. The highest BCUT2D eigenvalue weighted by Crippen LogP contribution is 2.26. The van der Waals surface area contributed by atoms with E-state index in [1.165, 1.54) is 51.4 Å². The highest BCUT2D eigenvalue weighted by molar-refractivity contribution is 5.76. The number of hydrogen-bond donors (Lipinski definition) is 1. The standard InChI is InChI=1S/C18H34N2O/c1-15(2)20(14-17-10-7-11-19-13-17)18(21)12-16-8-5-3-4-6-9-16/h15-17,19H,3-14H2,1-2H3. The minimum Gasteiger partial charge on any atom is -0.340 e. The number of nitrogens with one attached hydrogen (secondary N) is 1. The largest absolute Gasteiger partial charge is 0.340 e. The van der Waals surface area contributed by atoms with Gasteiger partial charge >= 0.3 is 0 Å². The molecule has 0 aromatic rings. The Kier molecular flexibility index (Phi) is 7.01. The van der Waals surface area contributed by atoms with Crippen molar-refractivity contribution in [2.75, 3.05) is 19.6 Å². The summed E-state index contributed by atoms with van der Waals surface area (Å²) in [4.78, 5) is 14.9. The molecular formula is C18H34N2O. The van der Waals surface area contributed by atoms with Gasteiger partial charge in [-0.05, 0) is 64.5 Å². The van der Waals surface area contributed by atoms with E-state index in [1.54, 1.807) is 0 Å². The Labute approximate surface area is 130 Å². The first-order valence-corrected chi connectivity index (χ1v) is 9.17. The molecule has 0 aromatic heterocycles. The molecule has 1 saturated carbocycles. The Balaban J connectivity index is 1.85. The van der Waals surface area contributed by atoms with Gasteiger partial charge in [0.2, 0.25) is 5.91 Å². The van der Waals surface area contributed by atoms with Gasteiger partial charge in [-0.15, -0.1) is 0 Å². The lowest BCUT2D eigenvalue weighted by molar-refractivity contribution is -0.134. The number of piperidine rings is 1. The molecule has 2 rings (SSSR count). The molecule has 2 fully saturated rings. The lowest BCUT2D eigenvalue weighted by atomic mass is 9.94. The Bertz CT molecular complexity index is 302. The van der Waals surface area contributed by atoms with Crippen molar-refractivity contribution in [3.8, 4) is 0 Å². The molecule has 3 heteroatoms. The summed E-state index contributed by atoms with van der Waals surface area (Å²) in [6.45, 7) is 7.52. The Hall–Kier alpha value is -0.570. The summed E-state index contributed by atoms with van der Waals surface area (Å²) < 4.78 is 0. The number of carbonyl (C=O) groups excluding carboxylic acids is 1. The van der Waals surface area contributed by atoms with E-state index in [-0.39, 0.29) is 0 Å². The van der Waals surface area contributed by atoms with E-state index in [4.69, 9.17) is 0 Å². The van der Waals surface area contributed by atoms with Crippen LogP contribution in [0.2, 0.25) is 0 Å². The molecule has 1 heterocycles. The van der Waals surface area contributed by atoms with Crippen LogP contribution in [0.4, 0.5) is 0 Å². The molecule has 0 aromatic carbocycles. The van der Waals surface area contributed by atoms with Gasteiger partial charge in [-0.3, -0.25) is 4.79 Å². The van der Waals surface area contributed by atoms with E-state index in [0.29, 0.717) is 23.8 Å². The average Bonchev–Trinajstić information content (AvgIpc) is 2.74. The van der Waals surface area contributed by atoms with E-state index in [1.807, 2.05) is 0 Å². The summed E-state index contributed by atoms with van der Waals surface area (Å²) in [5.41, 5.74) is 0. The van der Waals surface area contributed by atoms with E-state index < -0.39 is 0 Å². The second-order valence-electron chi connectivity index (χ2n) is 7.41. The SMILES string of the molecule is CC(C)N(CC1CCCNC1)C(=O)CC1CCCCCC1. The number of nitrogens with zero attached hydrogens (tertiary/aromatic N) is 1. The highest BCUT2D eigenvalue weighted by Gasteiger charge is 2.25. The summed E-state index contributed by atoms with van der Waals surface area (Å²) in [6.07, 6.45) is 11.2. The molecule has 21 heavy (non-hydrogen) atoms.